The first-order valence-corrected chi connectivity index (χ1v) is 6.82. The smallest absolute Gasteiger partial charge is 0.146 e. The van der Waals surface area contributed by atoms with Gasteiger partial charge in [0, 0.05) is 19.6 Å². The molecule has 1 aromatic rings. The lowest BCUT2D eigenvalue weighted by molar-refractivity contribution is 0.576. The van der Waals surface area contributed by atoms with Gasteiger partial charge >= 0.3 is 0 Å². The molecule has 1 atom stereocenters. The van der Waals surface area contributed by atoms with Gasteiger partial charge in [-0.1, -0.05) is 32.4 Å². The van der Waals surface area contributed by atoms with Gasteiger partial charge in [0.15, 0.2) is 0 Å². The molecule has 0 amide bonds. The number of nitrogens with zero attached hydrogens (tertiary/aromatic N) is 1. The number of para-hydroxylation sites is 1. The highest BCUT2D eigenvalue weighted by Gasteiger charge is 2.16. The Morgan fingerprint density at radius 2 is 2.06 bits per heavy atom. The third-order valence-electron chi connectivity index (χ3n) is 3.36. The van der Waals surface area contributed by atoms with E-state index < -0.39 is 0 Å². The summed E-state index contributed by atoms with van der Waals surface area (Å²) in [7, 11) is 1.98. The average Bonchev–Trinajstić information content (AvgIpc) is 2.36. The Balaban J connectivity index is 2.97. The third-order valence-corrected chi connectivity index (χ3v) is 3.36. The lowest BCUT2D eigenvalue weighted by atomic mass is 10.1. The molecule has 1 unspecified atom stereocenters. The SMILES string of the molecule is CCCC(C)N(C)c1c(F)cccc1CNCC. The Bertz CT molecular complexity index is 366. The fraction of sp³-hybridized carbons (Fsp3) is 0.600. The van der Waals surface area contributed by atoms with Crippen LogP contribution in [-0.4, -0.2) is 19.6 Å². The molecule has 0 aliphatic carbocycles. The fourth-order valence-corrected chi connectivity index (χ4v) is 2.19. The summed E-state index contributed by atoms with van der Waals surface area (Å²) in [6.07, 6.45) is 2.19. The molecule has 1 aromatic carbocycles. The van der Waals surface area contributed by atoms with Crippen LogP contribution in [0.25, 0.3) is 0 Å². The monoisotopic (exact) mass is 252 g/mol. The van der Waals surface area contributed by atoms with E-state index in [1.807, 2.05) is 13.1 Å². The van der Waals surface area contributed by atoms with Crippen LogP contribution in [-0.2, 0) is 6.54 Å². The number of nitrogens with one attached hydrogen (secondary N) is 1. The molecule has 0 aromatic heterocycles. The van der Waals surface area contributed by atoms with Gasteiger partial charge in [-0.05, 0) is 31.5 Å². The van der Waals surface area contributed by atoms with Gasteiger partial charge in [0.05, 0.1) is 5.69 Å². The molecule has 1 rings (SSSR count). The van der Waals surface area contributed by atoms with Crippen molar-refractivity contribution in [2.75, 3.05) is 18.5 Å². The Labute approximate surface area is 110 Å². The first-order valence-electron chi connectivity index (χ1n) is 6.82. The Morgan fingerprint density at radius 3 is 2.67 bits per heavy atom. The van der Waals surface area contributed by atoms with E-state index in [-0.39, 0.29) is 5.82 Å². The molecule has 2 nitrogen and oxygen atoms in total. The number of hydrogen-bond acceptors (Lipinski definition) is 2. The van der Waals surface area contributed by atoms with Crippen LogP contribution in [0.2, 0.25) is 0 Å². The predicted octanol–water partition coefficient (Wildman–Crippen LogP) is 3.56. The molecule has 0 fully saturated rings. The van der Waals surface area contributed by atoms with Gasteiger partial charge < -0.3 is 10.2 Å². The van der Waals surface area contributed by atoms with Crippen molar-refractivity contribution in [3.8, 4) is 0 Å². The molecule has 0 heterocycles. The van der Waals surface area contributed by atoms with E-state index >= 15 is 0 Å². The van der Waals surface area contributed by atoms with Crippen molar-refractivity contribution in [3.05, 3.63) is 29.6 Å². The topological polar surface area (TPSA) is 15.3 Å². The second-order valence-corrected chi connectivity index (χ2v) is 4.78. The van der Waals surface area contributed by atoms with E-state index in [1.165, 1.54) is 0 Å². The summed E-state index contributed by atoms with van der Waals surface area (Å²) in [4.78, 5) is 2.06. The summed E-state index contributed by atoms with van der Waals surface area (Å²) in [5.74, 6) is -0.129. The van der Waals surface area contributed by atoms with E-state index in [1.54, 1.807) is 12.1 Å². The first kappa shape index (κ1) is 15.0. The molecular weight excluding hydrogens is 227 g/mol. The number of anilines is 1. The van der Waals surface area contributed by atoms with Crippen LogP contribution < -0.4 is 10.2 Å². The highest BCUT2D eigenvalue weighted by Crippen LogP contribution is 2.26. The van der Waals surface area contributed by atoms with Crippen LogP contribution in [0, 0.1) is 5.82 Å². The van der Waals surface area contributed by atoms with Gasteiger partial charge in [0.25, 0.3) is 0 Å². The summed E-state index contributed by atoms with van der Waals surface area (Å²) in [5.41, 5.74) is 1.77. The van der Waals surface area contributed by atoms with Gasteiger partial charge in [0.1, 0.15) is 5.82 Å². The molecule has 1 N–H and O–H groups in total. The standard InChI is InChI=1S/C15H25FN2/c1-5-8-12(3)18(4)15-13(11-17-6-2)9-7-10-14(15)16/h7,9-10,12,17H,5-6,8,11H2,1-4H3. The van der Waals surface area contributed by atoms with Crippen molar-refractivity contribution < 1.29 is 4.39 Å². The zero-order chi connectivity index (χ0) is 13.5. The van der Waals surface area contributed by atoms with Gasteiger partial charge in [-0.2, -0.15) is 0 Å². The molecule has 0 saturated carbocycles. The van der Waals surface area contributed by atoms with Crippen LogP contribution in [0.5, 0.6) is 0 Å². The number of hydrogen-bond donors (Lipinski definition) is 1. The largest absolute Gasteiger partial charge is 0.369 e. The molecule has 3 heteroatoms. The second kappa shape index (κ2) is 7.37. The lowest BCUT2D eigenvalue weighted by Gasteiger charge is -2.29. The highest BCUT2D eigenvalue weighted by molar-refractivity contribution is 5.55. The van der Waals surface area contributed by atoms with Gasteiger partial charge in [-0.15, -0.1) is 0 Å². The minimum Gasteiger partial charge on any atom is -0.369 e. The zero-order valence-electron chi connectivity index (χ0n) is 12.0. The van der Waals surface area contributed by atoms with E-state index in [9.17, 15) is 4.39 Å². The van der Waals surface area contributed by atoms with E-state index in [0.29, 0.717) is 12.6 Å². The lowest BCUT2D eigenvalue weighted by Crippen LogP contribution is -2.31. The van der Waals surface area contributed by atoms with Crippen LogP contribution in [0.4, 0.5) is 10.1 Å². The predicted molar refractivity (Wildman–Crippen MR) is 76.6 cm³/mol. The molecule has 0 saturated heterocycles. The third kappa shape index (κ3) is 3.70. The minimum absolute atomic E-state index is 0.129. The quantitative estimate of drug-likeness (QED) is 0.798. The summed E-state index contributed by atoms with van der Waals surface area (Å²) < 4.78 is 14.1. The maximum Gasteiger partial charge on any atom is 0.146 e. The Morgan fingerprint density at radius 1 is 1.33 bits per heavy atom. The minimum atomic E-state index is -0.129. The van der Waals surface area contributed by atoms with Crippen molar-refractivity contribution in [3.63, 3.8) is 0 Å². The van der Waals surface area contributed by atoms with Gasteiger partial charge in [0.2, 0.25) is 0 Å². The fourth-order valence-electron chi connectivity index (χ4n) is 2.19. The Hall–Kier alpha value is -1.09. The van der Waals surface area contributed by atoms with Crippen LogP contribution in [0.15, 0.2) is 18.2 Å². The van der Waals surface area contributed by atoms with Gasteiger partial charge in [-0.3, -0.25) is 0 Å². The summed E-state index contributed by atoms with van der Waals surface area (Å²) in [6, 6.07) is 5.67. The molecule has 18 heavy (non-hydrogen) atoms. The molecule has 102 valence electrons. The first-order chi connectivity index (χ1) is 8.61. The van der Waals surface area contributed by atoms with E-state index in [4.69, 9.17) is 0 Å². The second-order valence-electron chi connectivity index (χ2n) is 4.78. The number of benzene rings is 1. The van der Waals surface area contributed by atoms with Crippen molar-refractivity contribution in [1.82, 2.24) is 5.32 Å². The zero-order valence-corrected chi connectivity index (χ0v) is 12.0. The van der Waals surface area contributed by atoms with Crippen LogP contribution in [0.1, 0.15) is 39.2 Å². The normalized spacial score (nSPS) is 12.5. The maximum absolute atomic E-state index is 14.1. The van der Waals surface area contributed by atoms with Crippen molar-refractivity contribution in [2.45, 2.75) is 46.2 Å². The average molecular weight is 252 g/mol. The molecule has 0 spiro atoms. The number of halogens is 1. The van der Waals surface area contributed by atoms with Crippen molar-refractivity contribution in [2.24, 2.45) is 0 Å². The van der Waals surface area contributed by atoms with Crippen molar-refractivity contribution >= 4 is 5.69 Å². The maximum atomic E-state index is 14.1. The van der Waals surface area contributed by atoms with Crippen molar-refractivity contribution in [1.29, 1.82) is 0 Å². The number of rotatable bonds is 7. The van der Waals surface area contributed by atoms with Crippen LogP contribution >= 0.6 is 0 Å². The van der Waals surface area contributed by atoms with Crippen LogP contribution in [0.3, 0.4) is 0 Å². The van der Waals surface area contributed by atoms with E-state index in [0.717, 1.165) is 30.6 Å². The highest BCUT2D eigenvalue weighted by atomic mass is 19.1. The Kier molecular flexibility index (Phi) is 6.13. The summed E-state index contributed by atoms with van der Waals surface area (Å²) in [5, 5.41) is 3.26. The molecule has 0 bridgehead atoms. The molecular formula is C15H25FN2. The molecule has 0 radical (unpaired) electrons. The molecule has 0 aliphatic rings. The van der Waals surface area contributed by atoms with E-state index in [2.05, 4.69) is 31.0 Å². The summed E-state index contributed by atoms with van der Waals surface area (Å²) >= 11 is 0. The van der Waals surface area contributed by atoms with Gasteiger partial charge in [-0.25, -0.2) is 4.39 Å². The summed E-state index contributed by atoms with van der Waals surface area (Å²) in [6.45, 7) is 7.97. The molecule has 0 aliphatic heterocycles.